The number of aromatic nitrogens is 1. The Morgan fingerprint density at radius 1 is 1.26 bits per heavy atom. The van der Waals surface area contributed by atoms with Crippen molar-refractivity contribution < 1.29 is 4.74 Å². The van der Waals surface area contributed by atoms with Crippen molar-refractivity contribution in [1.82, 2.24) is 4.98 Å². The van der Waals surface area contributed by atoms with Crippen LogP contribution in [-0.2, 0) is 6.61 Å². The van der Waals surface area contributed by atoms with Crippen LogP contribution in [0.3, 0.4) is 0 Å². The molecule has 1 aromatic heterocycles. The molecule has 0 aliphatic rings. The number of benzene rings is 1. The minimum Gasteiger partial charge on any atom is -0.487 e. The molecule has 0 unspecified atom stereocenters. The molecule has 0 spiro atoms. The fourth-order valence-electron chi connectivity index (χ4n) is 1.46. The average Bonchev–Trinajstić information content (AvgIpc) is 2.37. The predicted octanol–water partition coefficient (Wildman–Crippen LogP) is 3.25. The Balaban J connectivity index is 2.10. The van der Waals surface area contributed by atoms with Crippen LogP contribution in [0.15, 0.2) is 36.7 Å². The van der Waals surface area contributed by atoms with Crippen molar-refractivity contribution in [2.24, 2.45) is 5.73 Å². The van der Waals surface area contributed by atoms with Crippen molar-refractivity contribution in [2.45, 2.75) is 6.61 Å². The number of amidine groups is 1. The van der Waals surface area contributed by atoms with E-state index in [2.05, 4.69) is 4.98 Å². The van der Waals surface area contributed by atoms with E-state index in [4.69, 9.17) is 39.1 Å². The molecule has 0 radical (unpaired) electrons. The molecule has 2 rings (SSSR count). The number of rotatable bonds is 4. The summed E-state index contributed by atoms with van der Waals surface area (Å²) in [5.41, 5.74) is 6.76. The number of ether oxygens (including phenoxy) is 1. The van der Waals surface area contributed by atoms with Crippen molar-refractivity contribution >= 4 is 29.0 Å². The summed E-state index contributed by atoms with van der Waals surface area (Å²) in [5.74, 6) is 0.549. The monoisotopic (exact) mass is 295 g/mol. The number of hydrogen-bond acceptors (Lipinski definition) is 3. The van der Waals surface area contributed by atoms with Gasteiger partial charge in [-0.05, 0) is 6.07 Å². The molecule has 0 atom stereocenters. The first-order chi connectivity index (χ1) is 9.06. The molecule has 1 heterocycles. The lowest BCUT2D eigenvalue weighted by Gasteiger charge is -2.09. The summed E-state index contributed by atoms with van der Waals surface area (Å²) in [5, 5.41) is 8.34. The average molecular weight is 296 g/mol. The van der Waals surface area contributed by atoms with E-state index < -0.39 is 0 Å². The smallest absolute Gasteiger partial charge is 0.139 e. The molecule has 19 heavy (non-hydrogen) atoms. The third-order valence-corrected chi connectivity index (χ3v) is 3.00. The maximum atomic E-state index is 7.33. The summed E-state index contributed by atoms with van der Waals surface area (Å²) in [6, 6.07) is 6.81. The second-order valence-corrected chi connectivity index (χ2v) is 4.69. The summed E-state index contributed by atoms with van der Waals surface area (Å²) in [4.78, 5) is 3.92. The molecular formula is C13H11Cl2N3O. The minimum absolute atomic E-state index is 0.0200. The second kappa shape index (κ2) is 5.91. The molecule has 0 saturated carbocycles. The third kappa shape index (κ3) is 3.59. The first-order valence-corrected chi connectivity index (χ1v) is 6.18. The van der Waals surface area contributed by atoms with Gasteiger partial charge in [-0.15, -0.1) is 0 Å². The fourth-order valence-corrected chi connectivity index (χ4v) is 1.86. The maximum Gasteiger partial charge on any atom is 0.139 e. The molecule has 2 aromatic rings. The van der Waals surface area contributed by atoms with Gasteiger partial charge >= 0.3 is 0 Å². The summed E-state index contributed by atoms with van der Waals surface area (Å²) < 4.78 is 5.54. The van der Waals surface area contributed by atoms with Crippen LogP contribution >= 0.6 is 23.2 Å². The molecule has 0 saturated heterocycles. The van der Waals surface area contributed by atoms with Crippen molar-refractivity contribution in [3.05, 3.63) is 57.8 Å². The molecule has 3 N–H and O–H groups in total. The van der Waals surface area contributed by atoms with E-state index in [9.17, 15) is 0 Å². The molecule has 0 bridgehead atoms. The maximum absolute atomic E-state index is 7.33. The van der Waals surface area contributed by atoms with Crippen molar-refractivity contribution in [2.75, 3.05) is 0 Å². The Hall–Kier alpha value is -1.78. The van der Waals surface area contributed by atoms with Gasteiger partial charge in [0, 0.05) is 28.4 Å². The van der Waals surface area contributed by atoms with Gasteiger partial charge < -0.3 is 10.5 Å². The highest BCUT2D eigenvalue weighted by Crippen LogP contribution is 2.21. The highest BCUT2D eigenvalue weighted by Gasteiger charge is 2.05. The molecule has 0 aliphatic carbocycles. The summed E-state index contributed by atoms with van der Waals surface area (Å²) in [6.07, 6.45) is 3.10. The Kier molecular flexibility index (Phi) is 4.24. The SMILES string of the molecule is N=C(N)c1ccc(COc2cncc(Cl)c2)c(Cl)c1. The number of nitrogen functional groups attached to an aromatic ring is 1. The number of hydrogen-bond donors (Lipinski definition) is 2. The van der Waals surface area contributed by atoms with Crippen LogP contribution in [-0.4, -0.2) is 10.8 Å². The van der Waals surface area contributed by atoms with Crippen molar-refractivity contribution in [3.8, 4) is 5.75 Å². The minimum atomic E-state index is -0.0200. The van der Waals surface area contributed by atoms with E-state index in [-0.39, 0.29) is 5.84 Å². The zero-order valence-corrected chi connectivity index (χ0v) is 11.4. The molecule has 1 aromatic carbocycles. The Labute approximate surface area is 120 Å². The highest BCUT2D eigenvalue weighted by atomic mass is 35.5. The zero-order chi connectivity index (χ0) is 13.8. The first kappa shape index (κ1) is 13.6. The van der Waals surface area contributed by atoms with Crippen LogP contribution in [0.4, 0.5) is 0 Å². The van der Waals surface area contributed by atoms with Gasteiger partial charge in [0.15, 0.2) is 0 Å². The number of nitrogens with one attached hydrogen (secondary N) is 1. The zero-order valence-electron chi connectivity index (χ0n) is 9.86. The lowest BCUT2D eigenvalue weighted by molar-refractivity contribution is 0.305. The van der Waals surface area contributed by atoms with Gasteiger partial charge in [-0.1, -0.05) is 35.3 Å². The standard InChI is InChI=1S/C13H11Cl2N3O/c14-10-4-11(6-18-5-10)19-7-9-2-1-8(13(16)17)3-12(9)15/h1-6H,7H2,(H3,16,17). The molecule has 0 aliphatic heterocycles. The van der Waals surface area contributed by atoms with Gasteiger partial charge in [0.25, 0.3) is 0 Å². The van der Waals surface area contributed by atoms with Crippen molar-refractivity contribution in [3.63, 3.8) is 0 Å². The second-order valence-electron chi connectivity index (χ2n) is 3.85. The van der Waals surface area contributed by atoms with Crippen LogP contribution in [0.25, 0.3) is 0 Å². The lowest BCUT2D eigenvalue weighted by Crippen LogP contribution is -2.11. The lowest BCUT2D eigenvalue weighted by atomic mass is 10.1. The van der Waals surface area contributed by atoms with Crippen LogP contribution in [0.2, 0.25) is 10.0 Å². The van der Waals surface area contributed by atoms with Gasteiger partial charge in [-0.3, -0.25) is 10.4 Å². The van der Waals surface area contributed by atoms with E-state index in [1.807, 2.05) is 0 Å². The number of pyridine rings is 1. The Bertz CT molecular complexity index is 617. The third-order valence-electron chi connectivity index (χ3n) is 2.44. The normalized spacial score (nSPS) is 10.2. The van der Waals surface area contributed by atoms with Gasteiger partial charge in [-0.25, -0.2) is 0 Å². The number of halogens is 2. The van der Waals surface area contributed by atoms with Crippen molar-refractivity contribution in [1.29, 1.82) is 5.41 Å². The molecule has 0 fully saturated rings. The fraction of sp³-hybridized carbons (Fsp3) is 0.0769. The Morgan fingerprint density at radius 2 is 2.05 bits per heavy atom. The van der Waals surface area contributed by atoms with E-state index in [1.165, 1.54) is 6.20 Å². The largest absolute Gasteiger partial charge is 0.487 e. The van der Waals surface area contributed by atoms with Gasteiger partial charge in [-0.2, -0.15) is 0 Å². The van der Waals surface area contributed by atoms with E-state index in [1.54, 1.807) is 30.5 Å². The van der Waals surface area contributed by atoms with E-state index >= 15 is 0 Å². The van der Waals surface area contributed by atoms with E-state index in [0.717, 1.165) is 5.56 Å². The molecule has 0 amide bonds. The first-order valence-electron chi connectivity index (χ1n) is 5.42. The van der Waals surface area contributed by atoms with Gasteiger partial charge in [0.05, 0.1) is 11.2 Å². The van der Waals surface area contributed by atoms with Gasteiger partial charge in [0.2, 0.25) is 0 Å². The van der Waals surface area contributed by atoms with Gasteiger partial charge in [0.1, 0.15) is 18.2 Å². The molecular weight excluding hydrogens is 285 g/mol. The molecule has 4 nitrogen and oxygen atoms in total. The summed E-state index contributed by atoms with van der Waals surface area (Å²) >= 11 is 11.9. The summed E-state index contributed by atoms with van der Waals surface area (Å²) in [7, 11) is 0. The van der Waals surface area contributed by atoms with Crippen LogP contribution in [0.5, 0.6) is 5.75 Å². The topological polar surface area (TPSA) is 72.0 Å². The summed E-state index contributed by atoms with van der Waals surface area (Å²) in [6.45, 7) is 0.291. The van der Waals surface area contributed by atoms with Crippen LogP contribution < -0.4 is 10.5 Å². The van der Waals surface area contributed by atoms with Crippen LogP contribution in [0, 0.1) is 5.41 Å². The number of nitrogens with two attached hydrogens (primary N) is 1. The molecule has 98 valence electrons. The quantitative estimate of drug-likeness (QED) is 0.672. The molecule has 6 heteroatoms. The van der Waals surface area contributed by atoms with E-state index in [0.29, 0.717) is 28.0 Å². The highest BCUT2D eigenvalue weighted by molar-refractivity contribution is 6.31. The van der Waals surface area contributed by atoms with Crippen LogP contribution in [0.1, 0.15) is 11.1 Å². The number of nitrogens with zero attached hydrogens (tertiary/aromatic N) is 1. The Morgan fingerprint density at radius 3 is 2.68 bits per heavy atom. The predicted molar refractivity (Wildman–Crippen MR) is 76.0 cm³/mol.